The summed E-state index contributed by atoms with van der Waals surface area (Å²) < 4.78 is 0. The van der Waals surface area contributed by atoms with Crippen LogP contribution in [0.1, 0.15) is 29.3 Å². The molecular formula is C12H17N3O3. The number of benzene rings is 1. The SMILES string of the molecule is Cc1cc(C(=O)NCCC(C)N)cc([N+](=O)[O-])c1. The highest BCUT2D eigenvalue weighted by molar-refractivity contribution is 5.95. The van der Waals surface area contributed by atoms with E-state index in [0.29, 0.717) is 24.1 Å². The minimum Gasteiger partial charge on any atom is -0.352 e. The molecule has 0 aliphatic rings. The Labute approximate surface area is 105 Å². The first-order valence-electron chi connectivity index (χ1n) is 5.70. The minimum atomic E-state index is -0.508. The summed E-state index contributed by atoms with van der Waals surface area (Å²) in [7, 11) is 0. The van der Waals surface area contributed by atoms with E-state index < -0.39 is 4.92 Å². The molecule has 1 atom stereocenters. The number of amides is 1. The number of nitrogens with zero attached hydrogens (tertiary/aromatic N) is 1. The molecule has 0 aromatic heterocycles. The maximum Gasteiger partial charge on any atom is 0.270 e. The van der Waals surface area contributed by atoms with Crippen molar-refractivity contribution in [2.24, 2.45) is 5.73 Å². The zero-order valence-corrected chi connectivity index (χ0v) is 10.5. The fraction of sp³-hybridized carbons (Fsp3) is 0.417. The molecule has 1 rings (SSSR count). The zero-order valence-electron chi connectivity index (χ0n) is 10.5. The lowest BCUT2D eigenvalue weighted by molar-refractivity contribution is -0.384. The number of non-ortho nitro benzene ring substituents is 1. The molecule has 1 aromatic rings. The predicted octanol–water partition coefficient (Wildman–Crippen LogP) is 1.37. The predicted molar refractivity (Wildman–Crippen MR) is 68.4 cm³/mol. The van der Waals surface area contributed by atoms with Crippen LogP contribution in [0.25, 0.3) is 0 Å². The van der Waals surface area contributed by atoms with Gasteiger partial charge in [0.1, 0.15) is 0 Å². The van der Waals surface area contributed by atoms with E-state index in [4.69, 9.17) is 5.73 Å². The second kappa shape index (κ2) is 6.11. The number of rotatable bonds is 5. The summed E-state index contributed by atoms with van der Waals surface area (Å²) in [6.45, 7) is 4.02. The highest BCUT2D eigenvalue weighted by atomic mass is 16.6. The molecule has 6 nitrogen and oxygen atoms in total. The quantitative estimate of drug-likeness (QED) is 0.610. The molecule has 0 spiro atoms. The number of nitrogens with two attached hydrogens (primary N) is 1. The Morgan fingerprint density at radius 1 is 1.50 bits per heavy atom. The van der Waals surface area contributed by atoms with Crippen LogP contribution < -0.4 is 11.1 Å². The number of carbonyl (C=O) groups excluding carboxylic acids is 1. The van der Waals surface area contributed by atoms with E-state index in [2.05, 4.69) is 5.32 Å². The molecule has 0 heterocycles. The van der Waals surface area contributed by atoms with Crippen LogP contribution in [0.3, 0.4) is 0 Å². The van der Waals surface area contributed by atoms with Crippen LogP contribution in [0.15, 0.2) is 18.2 Å². The molecule has 0 saturated carbocycles. The average Bonchev–Trinajstić information content (AvgIpc) is 2.27. The molecule has 0 aliphatic heterocycles. The van der Waals surface area contributed by atoms with Gasteiger partial charge in [0.2, 0.25) is 0 Å². The van der Waals surface area contributed by atoms with Crippen molar-refractivity contribution >= 4 is 11.6 Å². The van der Waals surface area contributed by atoms with Gasteiger partial charge >= 0.3 is 0 Å². The van der Waals surface area contributed by atoms with Crippen molar-refractivity contribution in [2.75, 3.05) is 6.54 Å². The van der Waals surface area contributed by atoms with Gasteiger partial charge in [0.05, 0.1) is 4.92 Å². The van der Waals surface area contributed by atoms with Crippen molar-refractivity contribution in [3.63, 3.8) is 0 Å². The fourth-order valence-electron chi connectivity index (χ4n) is 1.51. The molecule has 1 amide bonds. The number of aryl methyl sites for hydroxylation is 1. The summed E-state index contributed by atoms with van der Waals surface area (Å²) in [5.41, 5.74) is 6.47. The topological polar surface area (TPSA) is 98.3 Å². The number of nitro groups is 1. The van der Waals surface area contributed by atoms with Gasteiger partial charge in [0, 0.05) is 30.3 Å². The lowest BCUT2D eigenvalue weighted by Crippen LogP contribution is -2.29. The van der Waals surface area contributed by atoms with Crippen LogP contribution in [0.4, 0.5) is 5.69 Å². The monoisotopic (exact) mass is 251 g/mol. The van der Waals surface area contributed by atoms with E-state index in [1.54, 1.807) is 13.0 Å². The zero-order chi connectivity index (χ0) is 13.7. The van der Waals surface area contributed by atoms with E-state index >= 15 is 0 Å². The maximum absolute atomic E-state index is 11.8. The Hall–Kier alpha value is -1.95. The van der Waals surface area contributed by atoms with E-state index in [9.17, 15) is 14.9 Å². The molecule has 98 valence electrons. The Morgan fingerprint density at radius 3 is 2.72 bits per heavy atom. The van der Waals surface area contributed by atoms with Crippen LogP contribution in [0, 0.1) is 17.0 Å². The number of nitro benzene ring substituents is 1. The van der Waals surface area contributed by atoms with Crippen molar-refractivity contribution in [1.29, 1.82) is 0 Å². The number of hydrogen-bond acceptors (Lipinski definition) is 4. The summed E-state index contributed by atoms with van der Waals surface area (Å²) in [5.74, 6) is -0.317. The van der Waals surface area contributed by atoms with Crippen molar-refractivity contribution in [2.45, 2.75) is 26.3 Å². The van der Waals surface area contributed by atoms with Crippen molar-refractivity contribution in [3.05, 3.63) is 39.4 Å². The third kappa shape index (κ3) is 4.14. The molecule has 0 aliphatic carbocycles. The average molecular weight is 251 g/mol. The third-order valence-corrected chi connectivity index (χ3v) is 2.42. The van der Waals surface area contributed by atoms with Crippen LogP contribution in [0.2, 0.25) is 0 Å². The Bertz CT molecular complexity index is 458. The molecule has 0 saturated heterocycles. The molecule has 0 radical (unpaired) electrons. The molecule has 1 aromatic carbocycles. The van der Waals surface area contributed by atoms with Crippen LogP contribution >= 0.6 is 0 Å². The van der Waals surface area contributed by atoms with Gasteiger partial charge in [0.25, 0.3) is 11.6 Å². The molecular weight excluding hydrogens is 234 g/mol. The summed E-state index contributed by atoms with van der Waals surface area (Å²) in [4.78, 5) is 22.0. The summed E-state index contributed by atoms with van der Waals surface area (Å²) >= 11 is 0. The van der Waals surface area contributed by atoms with Crippen molar-refractivity contribution in [1.82, 2.24) is 5.32 Å². The van der Waals surface area contributed by atoms with E-state index in [-0.39, 0.29) is 17.6 Å². The third-order valence-electron chi connectivity index (χ3n) is 2.42. The van der Waals surface area contributed by atoms with Gasteiger partial charge in [-0.25, -0.2) is 0 Å². The smallest absolute Gasteiger partial charge is 0.270 e. The van der Waals surface area contributed by atoms with Gasteiger partial charge in [-0.3, -0.25) is 14.9 Å². The Balaban J connectivity index is 2.76. The molecule has 3 N–H and O–H groups in total. The fourth-order valence-corrected chi connectivity index (χ4v) is 1.51. The van der Waals surface area contributed by atoms with Crippen LogP contribution in [-0.2, 0) is 0 Å². The highest BCUT2D eigenvalue weighted by Crippen LogP contribution is 2.16. The normalized spacial score (nSPS) is 11.9. The second-order valence-corrected chi connectivity index (χ2v) is 4.34. The van der Waals surface area contributed by atoms with Gasteiger partial charge in [0.15, 0.2) is 0 Å². The molecule has 6 heteroatoms. The lowest BCUT2D eigenvalue weighted by atomic mass is 10.1. The molecule has 18 heavy (non-hydrogen) atoms. The largest absolute Gasteiger partial charge is 0.352 e. The molecule has 0 fully saturated rings. The van der Waals surface area contributed by atoms with Crippen LogP contribution in [-0.4, -0.2) is 23.4 Å². The van der Waals surface area contributed by atoms with Gasteiger partial charge in [-0.15, -0.1) is 0 Å². The first-order valence-corrected chi connectivity index (χ1v) is 5.70. The Kier molecular flexibility index (Phi) is 4.79. The van der Waals surface area contributed by atoms with Gasteiger partial charge in [-0.2, -0.15) is 0 Å². The van der Waals surface area contributed by atoms with Gasteiger partial charge < -0.3 is 11.1 Å². The summed E-state index contributed by atoms with van der Waals surface area (Å²) in [6, 6.07) is 4.33. The standard InChI is InChI=1S/C12H17N3O3/c1-8-5-10(7-11(6-8)15(17)18)12(16)14-4-3-9(2)13/h5-7,9H,3-4,13H2,1-2H3,(H,14,16). The van der Waals surface area contributed by atoms with Gasteiger partial charge in [-0.05, 0) is 31.9 Å². The van der Waals surface area contributed by atoms with Gasteiger partial charge in [-0.1, -0.05) is 0 Å². The summed E-state index contributed by atoms with van der Waals surface area (Å²) in [6.07, 6.45) is 0.666. The second-order valence-electron chi connectivity index (χ2n) is 4.34. The number of nitrogens with one attached hydrogen (secondary N) is 1. The highest BCUT2D eigenvalue weighted by Gasteiger charge is 2.12. The lowest BCUT2D eigenvalue weighted by Gasteiger charge is -2.07. The van der Waals surface area contributed by atoms with E-state index in [1.807, 2.05) is 6.92 Å². The summed E-state index contributed by atoms with van der Waals surface area (Å²) in [5, 5.41) is 13.4. The minimum absolute atomic E-state index is 0.0112. The Morgan fingerprint density at radius 2 is 2.17 bits per heavy atom. The number of carbonyl (C=O) groups is 1. The first-order chi connectivity index (χ1) is 8.40. The van der Waals surface area contributed by atoms with E-state index in [0.717, 1.165) is 0 Å². The number of hydrogen-bond donors (Lipinski definition) is 2. The van der Waals surface area contributed by atoms with Crippen LogP contribution in [0.5, 0.6) is 0 Å². The first kappa shape index (κ1) is 14.1. The molecule has 1 unspecified atom stereocenters. The van der Waals surface area contributed by atoms with Crippen molar-refractivity contribution in [3.8, 4) is 0 Å². The van der Waals surface area contributed by atoms with E-state index in [1.165, 1.54) is 12.1 Å². The molecule has 0 bridgehead atoms. The van der Waals surface area contributed by atoms with Crippen molar-refractivity contribution < 1.29 is 9.72 Å². The maximum atomic E-state index is 11.8.